The van der Waals surface area contributed by atoms with E-state index < -0.39 is 0 Å². The van der Waals surface area contributed by atoms with E-state index in [-0.39, 0.29) is 34.8 Å². The maximum absolute atomic E-state index is 9.86. The SMILES string of the molecule is Cl.Oc1cc2c(c(Cl)c1O)CCNCC2c1ccccc1. The van der Waals surface area contributed by atoms with Crippen molar-refractivity contribution < 1.29 is 10.2 Å². The topological polar surface area (TPSA) is 52.5 Å². The average molecular weight is 326 g/mol. The standard InChI is InChI=1S/C16H16ClNO2.ClH/c17-15-11-6-7-18-9-13(10-4-2-1-3-5-10)12(11)8-14(19)16(15)20;/h1-5,8,13,18-20H,6-7,9H2;1H. The molecule has 2 aromatic rings. The number of fused-ring (bicyclic) bond motifs is 1. The fourth-order valence-electron chi connectivity index (χ4n) is 2.80. The first kappa shape index (κ1) is 16.0. The second kappa shape index (κ2) is 6.56. The third kappa shape index (κ3) is 2.95. The fourth-order valence-corrected chi connectivity index (χ4v) is 3.10. The third-order valence-electron chi connectivity index (χ3n) is 3.83. The lowest BCUT2D eigenvalue weighted by Crippen LogP contribution is -2.20. The van der Waals surface area contributed by atoms with Crippen molar-refractivity contribution in [3.8, 4) is 11.5 Å². The minimum Gasteiger partial charge on any atom is -0.504 e. The molecule has 21 heavy (non-hydrogen) atoms. The van der Waals surface area contributed by atoms with Crippen LogP contribution in [0, 0.1) is 0 Å². The van der Waals surface area contributed by atoms with Crippen LogP contribution < -0.4 is 5.32 Å². The van der Waals surface area contributed by atoms with Crippen LogP contribution in [0.4, 0.5) is 0 Å². The summed E-state index contributed by atoms with van der Waals surface area (Å²) in [5.41, 5.74) is 3.08. The molecule has 0 fully saturated rings. The van der Waals surface area contributed by atoms with Crippen LogP contribution in [-0.4, -0.2) is 23.3 Å². The Morgan fingerprint density at radius 1 is 1.14 bits per heavy atom. The molecular formula is C16H17Cl2NO2. The van der Waals surface area contributed by atoms with Gasteiger partial charge in [-0.2, -0.15) is 0 Å². The molecule has 1 aliphatic heterocycles. The van der Waals surface area contributed by atoms with Gasteiger partial charge in [0.1, 0.15) is 0 Å². The van der Waals surface area contributed by atoms with E-state index in [9.17, 15) is 10.2 Å². The first-order valence-corrected chi connectivity index (χ1v) is 7.05. The van der Waals surface area contributed by atoms with Crippen LogP contribution >= 0.6 is 24.0 Å². The number of nitrogens with one attached hydrogen (secondary N) is 1. The van der Waals surface area contributed by atoms with Crippen LogP contribution in [0.2, 0.25) is 5.02 Å². The fraction of sp³-hybridized carbons (Fsp3) is 0.250. The zero-order valence-electron chi connectivity index (χ0n) is 11.3. The Hall–Kier alpha value is -1.42. The van der Waals surface area contributed by atoms with Crippen LogP contribution in [0.15, 0.2) is 36.4 Å². The molecule has 3 N–H and O–H groups in total. The maximum atomic E-state index is 9.86. The Labute approximate surface area is 135 Å². The highest BCUT2D eigenvalue weighted by Crippen LogP contribution is 2.42. The summed E-state index contributed by atoms with van der Waals surface area (Å²) in [6.07, 6.45) is 0.741. The van der Waals surface area contributed by atoms with Crippen LogP contribution in [0.3, 0.4) is 0 Å². The van der Waals surface area contributed by atoms with E-state index in [0.29, 0.717) is 0 Å². The highest BCUT2D eigenvalue weighted by Gasteiger charge is 2.25. The van der Waals surface area contributed by atoms with Crippen molar-refractivity contribution in [2.75, 3.05) is 13.1 Å². The van der Waals surface area contributed by atoms with E-state index >= 15 is 0 Å². The molecule has 0 aromatic heterocycles. The lowest BCUT2D eigenvalue weighted by molar-refractivity contribution is 0.402. The van der Waals surface area contributed by atoms with Crippen molar-refractivity contribution in [3.05, 3.63) is 58.1 Å². The molecule has 3 rings (SSSR count). The molecule has 0 radical (unpaired) electrons. The normalized spacial score (nSPS) is 17.5. The molecule has 3 nitrogen and oxygen atoms in total. The van der Waals surface area contributed by atoms with Gasteiger partial charge in [0.15, 0.2) is 11.5 Å². The second-order valence-corrected chi connectivity index (χ2v) is 5.42. The smallest absolute Gasteiger partial charge is 0.176 e. The number of hydrogen-bond acceptors (Lipinski definition) is 3. The van der Waals surface area contributed by atoms with E-state index in [1.165, 1.54) is 5.56 Å². The van der Waals surface area contributed by atoms with Crippen LogP contribution in [0.25, 0.3) is 0 Å². The van der Waals surface area contributed by atoms with Gasteiger partial charge in [0.05, 0.1) is 5.02 Å². The number of phenols is 2. The summed E-state index contributed by atoms with van der Waals surface area (Å²) in [5.74, 6) is -0.256. The number of halogens is 2. The molecule has 0 spiro atoms. The molecule has 0 bridgehead atoms. The quantitative estimate of drug-likeness (QED) is 0.704. The molecule has 0 amide bonds. The third-order valence-corrected chi connectivity index (χ3v) is 4.24. The van der Waals surface area contributed by atoms with E-state index in [2.05, 4.69) is 17.4 Å². The van der Waals surface area contributed by atoms with Gasteiger partial charge in [-0.3, -0.25) is 0 Å². The first-order valence-electron chi connectivity index (χ1n) is 6.67. The molecule has 1 heterocycles. The van der Waals surface area contributed by atoms with Gasteiger partial charge >= 0.3 is 0 Å². The summed E-state index contributed by atoms with van der Waals surface area (Å²) in [5, 5.41) is 23.3. The van der Waals surface area contributed by atoms with Gasteiger partial charge in [-0.25, -0.2) is 0 Å². The summed E-state index contributed by atoms with van der Waals surface area (Å²) in [6, 6.07) is 11.8. The number of hydrogen-bond donors (Lipinski definition) is 3. The minimum atomic E-state index is -0.223. The molecule has 5 heteroatoms. The molecule has 1 atom stereocenters. The Morgan fingerprint density at radius 3 is 2.57 bits per heavy atom. The largest absolute Gasteiger partial charge is 0.504 e. The van der Waals surface area contributed by atoms with Gasteiger partial charge in [-0.15, -0.1) is 12.4 Å². The molecule has 2 aromatic carbocycles. The summed E-state index contributed by atoms with van der Waals surface area (Å²) < 4.78 is 0. The highest BCUT2D eigenvalue weighted by atomic mass is 35.5. The van der Waals surface area contributed by atoms with Crippen LogP contribution in [0.1, 0.15) is 22.6 Å². The molecular weight excluding hydrogens is 309 g/mol. The molecule has 112 valence electrons. The zero-order valence-corrected chi connectivity index (χ0v) is 12.9. The lowest BCUT2D eigenvalue weighted by Gasteiger charge is -2.20. The Bertz CT molecular complexity index is 632. The van der Waals surface area contributed by atoms with E-state index in [0.717, 1.165) is 30.6 Å². The molecule has 1 aliphatic rings. The number of aromatic hydroxyl groups is 2. The Morgan fingerprint density at radius 2 is 1.86 bits per heavy atom. The second-order valence-electron chi connectivity index (χ2n) is 5.04. The summed E-state index contributed by atoms with van der Waals surface area (Å²) in [7, 11) is 0. The number of phenolic OH excluding ortho intramolecular Hbond substituents is 2. The van der Waals surface area contributed by atoms with Crippen molar-refractivity contribution in [1.29, 1.82) is 0 Å². The predicted octanol–water partition coefficient (Wildman–Crippen LogP) is 3.45. The monoisotopic (exact) mass is 325 g/mol. The summed E-state index contributed by atoms with van der Waals surface area (Å²) in [4.78, 5) is 0. The van der Waals surface area contributed by atoms with E-state index in [1.54, 1.807) is 6.07 Å². The number of benzene rings is 2. The van der Waals surface area contributed by atoms with Crippen molar-refractivity contribution in [3.63, 3.8) is 0 Å². The van der Waals surface area contributed by atoms with Crippen LogP contribution in [-0.2, 0) is 6.42 Å². The van der Waals surface area contributed by atoms with E-state index in [1.807, 2.05) is 18.2 Å². The summed E-state index contributed by atoms with van der Waals surface area (Å²) >= 11 is 6.20. The molecule has 0 saturated carbocycles. The van der Waals surface area contributed by atoms with Gasteiger partial charge in [-0.05, 0) is 35.7 Å². The molecule has 1 unspecified atom stereocenters. The molecule has 0 saturated heterocycles. The van der Waals surface area contributed by atoms with Crippen LogP contribution in [0.5, 0.6) is 11.5 Å². The van der Waals surface area contributed by atoms with Gasteiger partial charge in [0.25, 0.3) is 0 Å². The molecule has 0 aliphatic carbocycles. The maximum Gasteiger partial charge on any atom is 0.176 e. The summed E-state index contributed by atoms with van der Waals surface area (Å²) in [6.45, 7) is 1.60. The van der Waals surface area contributed by atoms with Crippen molar-refractivity contribution >= 4 is 24.0 Å². The van der Waals surface area contributed by atoms with Gasteiger partial charge in [0.2, 0.25) is 0 Å². The Kier molecular flexibility index (Phi) is 4.99. The Balaban J connectivity index is 0.00000161. The van der Waals surface area contributed by atoms with Gasteiger partial charge in [0, 0.05) is 12.5 Å². The zero-order chi connectivity index (χ0) is 14.1. The van der Waals surface area contributed by atoms with E-state index in [4.69, 9.17) is 11.6 Å². The van der Waals surface area contributed by atoms with Crippen molar-refractivity contribution in [2.24, 2.45) is 0 Å². The van der Waals surface area contributed by atoms with Gasteiger partial charge < -0.3 is 15.5 Å². The number of rotatable bonds is 1. The first-order chi connectivity index (χ1) is 9.68. The van der Waals surface area contributed by atoms with Crippen molar-refractivity contribution in [2.45, 2.75) is 12.3 Å². The van der Waals surface area contributed by atoms with Crippen molar-refractivity contribution in [1.82, 2.24) is 5.32 Å². The predicted molar refractivity (Wildman–Crippen MR) is 86.9 cm³/mol. The van der Waals surface area contributed by atoms with Gasteiger partial charge in [-0.1, -0.05) is 41.9 Å². The average Bonchev–Trinajstić information content (AvgIpc) is 2.68. The lowest BCUT2D eigenvalue weighted by atomic mass is 9.87. The highest BCUT2D eigenvalue weighted by molar-refractivity contribution is 6.33. The minimum absolute atomic E-state index is 0.